The van der Waals surface area contributed by atoms with Crippen LogP contribution in [0.25, 0.3) is 0 Å². The first-order valence-electron chi connectivity index (χ1n) is 6.56. The highest BCUT2D eigenvalue weighted by molar-refractivity contribution is 7.80. The van der Waals surface area contributed by atoms with Crippen molar-refractivity contribution in [3.8, 4) is 5.75 Å². The van der Waals surface area contributed by atoms with Gasteiger partial charge in [0.2, 0.25) is 0 Å². The monoisotopic (exact) mass is 272 g/mol. The lowest BCUT2D eigenvalue weighted by molar-refractivity contribution is 0.296. The number of hydrogen-bond donors (Lipinski definition) is 1. The Bertz CT molecular complexity index is 522. The second kappa shape index (κ2) is 6.67. The van der Waals surface area contributed by atoms with Gasteiger partial charge in [-0.05, 0) is 31.0 Å². The van der Waals surface area contributed by atoms with Gasteiger partial charge in [-0.3, -0.25) is 0 Å². The summed E-state index contributed by atoms with van der Waals surface area (Å²) in [5.74, 6) is 2.08. The van der Waals surface area contributed by atoms with Gasteiger partial charge in [0, 0.05) is 11.7 Å². The van der Waals surface area contributed by atoms with Crippen molar-refractivity contribution in [2.24, 2.45) is 0 Å². The first-order chi connectivity index (χ1) is 9.20. The normalized spacial score (nSPS) is 12.2. The van der Waals surface area contributed by atoms with Crippen LogP contribution in [0.1, 0.15) is 22.6 Å². The third-order valence-corrected chi connectivity index (χ3v) is 3.70. The van der Waals surface area contributed by atoms with E-state index in [1.807, 2.05) is 12.1 Å². The molecule has 0 N–H and O–H groups in total. The Morgan fingerprint density at radius 1 is 1.05 bits per heavy atom. The van der Waals surface area contributed by atoms with Crippen LogP contribution in [0, 0.1) is 13.8 Å². The Labute approximate surface area is 121 Å². The molecule has 0 amide bonds. The molecule has 1 atom stereocenters. The van der Waals surface area contributed by atoms with Crippen LogP contribution in [0.5, 0.6) is 5.75 Å². The van der Waals surface area contributed by atoms with Gasteiger partial charge >= 0.3 is 0 Å². The minimum Gasteiger partial charge on any atom is -0.493 e. The highest BCUT2D eigenvalue weighted by Crippen LogP contribution is 2.22. The van der Waals surface area contributed by atoms with Crippen LogP contribution < -0.4 is 4.74 Å². The van der Waals surface area contributed by atoms with Gasteiger partial charge in [0.25, 0.3) is 0 Å². The summed E-state index contributed by atoms with van der Waals surface area (Å²) in [5, 5.41) is 0. The largest absolute Gasteiger partial charge is 0.493 e. The van der Waals surface area contributed by atoms with Crippen molar-refractivity contribution in [1.29, 1.82) is 0 Å². The van der Waals surface area contributed by atoms with Crippen LogP contribution in [0.3, 0.4) is 0 Å². The van der Waals surface area contributed by atoms with Gasteiger partial charge in [-0.15, -0.1) is 0 Å². The number of aryl methyl sites for hydroxylation is 2. The molecule has 19 heavy (non-hydrogen) atoms. The Morgan fingerprint density at radius 2 is 1.79 bits per heavy atom. The minimum absolute atomic E-state index is 0.324. The predicted octanol–water partition coefficient (Wildman–Crippen LogP) is 4.40. The van der Waals surface area contributed by atoms with E-state index >= 15 is 0 Å². The van der Waals surface area contributed by atoms with E-state index in [-0.39, 0.29) is 0 Å². The van der Waals surface area contributed by atoms with Gasteiger partial charge < -0.3 is 4.74 Å². The summed E-state index contributed by atoms with van der Waals surface area (Å²) in [6.45, 7) is 4.84. The van der Waals surface area contributed by atoms with E-state index in [0.29, 0.717) is 12.5 Å². The van der Waals surface area contributed by atoms with Gasteiger partial charge in [0.1, 0.15) is 5.75 Å². The molecule has 0 aliphatic carbocycles. The molecule has 0 fully saturated rings. The van der Waals surface area contributed by atoms with Crippen molar-refractivity contribution in [1.82, 2.24) is 0 Å². The summed E-state index contributed by atoms with van der Waals surface area (Å²) in [7, 11) is 0. The molecule has 0 saturated heterocycles. The van der Waals surface area contributed by atoms with Gasteiger partial charge in [-0.25, -0.2) is 0 Å². The van der Waals surface area contributed by atoms with Crippen molar-refractivity contribution < 1.29 is 4.74 Å². The minimum atomic E-state index is 0.324. The molecule has 1 unspecified atom stereocenters. The average molecular weight is 272 g/mol. The van der Waals surface area contributed by atoms with E-state index in [1.54, 1.807) is 0 Å². The second-order valence-corrected chi connectivity index (χ2v) is 5.24. The summed E-state index contributed by atoms with van der Waals surface area (Å²) in [5.41, 5.74) is 3.73. The number of thiol groups is 1. The topological polar surface area (TPSA) is 9.23 Å². The molecule has 0 bridgehead atoms. The third-order valence-electron chi connectivity index (χ3n) is 3.26. The molecule has 0 spiro atoms. The zero-order valence-electron chi connectivity index (χ0n) is 11.5. The lowest BCUT2D eigenvalue weighted by atomic mass is 10.0. The fourth-order valence-corrected chi connectivity index (χ4v) is 2.45. The van der Waals surface area contributed by atoms with Crippen LogP contribution in [0.4, 0.5) is 0 Å². The van der Waals surface area contributed by atoms with Crippen LogP contribution in [0.15, 0.2) is 48.5 Å². The maximum absolute atomic E-state index is 5.95. The maximum Gasteiger partial charge on any atom is 0.122 e. The van der Waals surface area contributed by atoms with E-state index in [2.05, 4.69) is 62.9 Å². The lowest BCUT2D eigenvalue weighted by Gasteiger charge is -2.17. The van der Waals surface area contributed by atoms with Crippen molar-refractivity contribution in [2.75, 3.05) is 12.4 Å². The molecule has 0 aliphatic heterocycles. The van der Waals surface area contributed by atoms with Crippen LogP contribution in [-0.2, 0) is 0 Å². The SMILES string of the molecule is Cc1ccc(OCC(CS)c2ccccc2)c(C)c1. The summed E-state index contributed by atoms with van der Waals surface area (Å²) >= 11 is 4.44. The Morgan fingerprint density at radius 3 is 2.42 bits per heavy atom. The quantitative estimate of drug-likeness (QED) is 0.794. The van der Waals surface area contributed by atoms with E-state index in [0.717, 1.165) is 11.5 Å². The van der Waals surface area contributed by atoms with Gasteiger partial charge in [-0.2, -0.15) is 12.6 Å². The van der Waals surface area contributed by atoms with Gasteiger partial charge in [0.05, 0.1) is 6.61 Å². The van der Waals surface area contributed by atoms with Gasteiger partial charge in [-0.1, -0.05) is 48.0 Å². The fraction of sp³-hybridized carbons (Fsp3) is 0.294. The zero-order valence-corrected chi connectivity index (χ0v) is 12.4. The average Bonchev–Trinajstić information content (AvgIpc) is 2.43. The van der Waals surface area contributed by atoms with E-state index in [9.17, 15) is 0 Å². The molecule has 0 heterocycles. The first kappa shape index (κ1) is 14.0. The highest BCUT2D eigenvalue weighted by Gasteiger charge is 2.11. The molecule has 2 aromatic rings. The summed E-state index contributed by atoms with van der Waals surface area (Å²) in [4.78, 5) is 0. The summed E-state index contributed by atoms with van der Waals surface area (Å²) in [6, 6.07) is 16.7. The summed E-state index contributed by atoms with van der Waals surface area (Å²) in [6.07, 6.45) is 0. The first-order valence-corrected chi connectivity index (χ1v) is 7.20. The molecule has 0 aromatic heterocycles. The van der Waals surface area contributed by atoms with Crippen molar-refractivity contribution >= 4 is 12.6 Å². The van der Waals surface area contributed by atoms with Crippen molar-refractivity contribution in [2.45, 2.75) is 19.8 Å². The molecule has 2 heteroatoms. The molecule has 0 radical (unpaired) electrons. The fourth-order valence-electron chi connectivity index (χ4n) is 2.13. The third kappa shape index (κ3) is 3.77. The smallest absolute Gasteiger partial charge is 0.122 e. The molecular weight excluding hydrogens is 252 g/mol. The van der Waals surface area contributed by atoms with Crippen LogP contribution in [-0.4, -0.2) is 12.4 Å². The van der Waals surface area contributed by atoms with E-state index < -0.39 is 0 Å². The number of ether oxygens (including phenoxy) is 1. The molecule has 1 nitrogen and oxygen atoms in total. The van der Waals surface area contributed by atoms with E-state index in [1.165, 1.54) is 16.7 Å². The molecule has 0 saturated carbocycles. The van der Waals surface area contributed by atoms with Crippen LogP contribution >= 0.6 is 12.6 Å². The number of benzene rings is 2. The predicted molar refractivity (Wildman–Crippen MR) is 84.4 cm³/mol. The van der Waals surface area contributed by atoms with Crippen molar-refractivity contribution in [3.63, 3.8) is 0 Å². The Balaban J connectivity index is 2.04. The Hall–Kier alpha value is -1.41. The molecule has 2 rings (SSSR count). The molecular formula is C17H20OS. The molecule has 2 aromatic carbocycles. The highest BCUT2D eigenvalue weighted by atomic mass is 32.1. The maximum atomic E-state index is 5.95. The van der Waals surface area contributed by atoms with Gasteiger partial charge in [0.15, 0.2) is 0 Å². The molecule has 0 aliphatic rings. The van der Waals surface area contributed by atoms with E-state index in [4.69, 9.17) is 4.74 Å². The second-order valence-electron chi connectivity index (χ2n) is 4.87. The lowest BCUT2D eigenvalue weighted by Crippen LogP contribution is -2.12. The standard InChI is InChI=1S/C17H20OS/c1-13-8-9-17(14(2)10-13)18-11-16(12-19)15-6-4-3-5-7-15/h3-10,16,19H,11-12H2,1-2H3. The summed E-state index contributed by atoms with van der Waals surface area (Å²) < 4.78 is 5.95. The number of hydrogen-bond acceptors (Lipinski definition) is 2. The Kier molecular flexibility index (Phi) is 4.92. The number of rotatable bonds is 5. The molecule has 100 valence electrons. The van der Waals surface area contributed by atoms with Crippen LogP contribution in [0.2, 0.25) is 0 Å². The zero-order chi connectivity index (χ0) is 13.7. The van der Waals surface area contributed by atoms with Crippen molar-refractivity contribution in [3.05, 3.63) is 65.2 Å².